The molecular weight excluding hydrogens is 448 g/mol. The van der Waals surface area contributed by atoms with Crippen molar-refractivity contribution in [2.45, 2.75) is 6.61 Å². The lowest BCUT2D eigenvalue weighted by atomic mass is 10.1. The van der Waals surface area contributed by atoms with E-state index in [0.717, 1.165) is 21.0 Å². The van der Waals surface area contributed by atoms with Crippen LogP contribution in [-0.4, -0.2) is 14.2 Å². The summed E-state index contributed by atoms with van der Waals surface area (Å²) < 4.78 is 23.0. The van der Waals surface area contributed by atoms with E-state index in [2.05, 4.69) is 15.9 Å². The Balaban J connectivity index is 1.57. The summed E-state index contributed by atoms with van der Waals surface area (Å²) in [5, 5.41) is 0.825. The highest BCUT2D eigenvalue weighted by Gasteiger charge is 2.10. The van der Waals surface area contributed by atoms with Crippen molar-refractivity contribution in [2.24, 2.45) is 0 Å². The molecule has 0 aliphatic rings. The molecule has 152 valence electrons. The number of ether oxygens (including phenoxy) is 3. The summed E-state index contributed by atoms with van der Waals surface area (Å²) in [6.07, 6.45) is 0. The van der Waals surface area contributed by atoms with Crippen molar-refractivity contribution in [2.75, 3.05) is 14.2 Å². The lowest BCUT2D eigenvalue weighted by Gasteiger charge is -2.11. The van der Waals surface area contributed by atoms with Gasteiger partial charge in [0, 0.05) is 15.9 Å². The Hall–Kier alpha value is -3.25. The third kappa shape index (κ3) is 4.19. The van der Waals surface area contributed by atoms with Gasteiger partial charge in [-0.2, -0.15) is 0 Å². The Bertz CT molecular complexity index is 1240. The molecule has 0 saturated heterocycles. The number of fused-ring (bicyclic) bond motifs is 1. The molecule has 0 amide bonds. The van der Waals surface area contributed by atoms with E-state index in [4.69, 9.17) is 18.6 Å². The molecule has 0 spiro atoms. The summed E-state index contributed by atoms with van der Waals surface area (Å²) in [6, 6.07) is 20.4. The Morgan fingerprint density at radius 1 is 0.867 bits per heavy atom. The van der Waals surface area contributed by atoms with Crippen LogP contribution in [0.4, 0.5) is 0 Å². The van der Waals surface area contributed by atoms with Gasteiger partial charge in [0.1, 0.15) is 17.9 Å². The van der Waals surface area contributed by atoms with E-state index in [0.29, 0.717) is 35.0 Å². The predicted molar refractivity (Wildman–Crippen MR) is 119 cm³/mol. The molecule has 0 aliphatic carbocycles. The normalized spacial score (nSPS) is 10.8. The maximum absolute atomic E-state index is 12.5. The van der Waals surface area contributed by atoms with Gasteiger partial charge in [0.05, 0.1) is 19.8 Å². The van der Waals surface area contributed by atoms with Gasteiger partial charge in [-0.3, -0.25) is 0 Å². The summed E-state index contributed by atoms with van der Waals surface area (Å²) in [5.41, 5.74) is 2.35. The van der Waals surface area contributed by atoms with E-state index in [1.807, 2.05) is 60.7 Å². The van der Waals surface area contributed by atoms with E-state index in [1.165, 1.54) is 0 Å². The number of benzene rings is 3. The molecule has 4 rings (SSSR count). The minimum atomic E-state index is -0.387. The highest BCUT2D eigenvalue weighted by Crippen LogP contribution is 2.29. The molecule has 0 saturated carbocycles. The lowest BCUT2D eigenvalue weighted by Crippen LogP contribution is -2.03. The number of hydrogen-bond acceptors (Lipinski definition) is 5. The fraction of sp³-hybridized carbons (Fsp3) is 0.125. The molecule has 0 aliphatic heterocycles. The van der Waals surface area contributed by atoms with Crippen molar-refractivity contribution in [3.05, 3.63) is 87.2 Å². The van der Waals surface area contributed by atoms with Crippen LogP contribution in [0, 0.1) is 0 Å². The molecular formula is C24H19BrO5. The van der Waals surface area contributed by atoms with Crippen molar-refractivity contribution in [1.82, 2.24) is 0 Å². The quantitative estimate of drug-likeness (QED) is 0.335. The van der Waals surface area contributed by atoms with Gasteiger partial charge in [-0.05, 0) is 53.6 Å². The lowest BCUT2D eigenvalue weighted by molar-refractivity contribution is 0.303. The van der Waals surface area contributed by atoms with Crippen LogP contribution >= 0.6 is 15.9 Å². The Morgan fingerprint density at radius 2 is 1.63 bits per heavy atom. The van der Waals surface area contributed by atoms with Crippen LogP contribution in [0.15, 0.2) is 80.4 Å². The number of rotatable bonds is 6. The zero-order valence-electron chi connectivity index (χ0n) is 16.5. The predicted octanol–water partition coefficient (Wildman–Crippen LogP) is 5.82. The second-order valence-corrected chi connectivity index (χ2v) is 7.55. The summed E-state index contributed by atoms with van der Waals surface area (Å²) >= 11 is 3.40. The van der Waals surface area contributed by atoms with Crippen molar-refractivity contribution in [3.8, 4) is 28.4 Å². The molecule has 30 heavy (non-hydrogen) atoms. The van der Waals surface area contributed by atoms with Crippen LogP contribution in [0.25, 0.3) is 22.1 Å². The maximum Gasteiger partial charge on any atom is 0.344 e. The molecule has 0 atom stereocenters. The first-order valence-corrected chi connectivity index (χ1v) is 10.0. The summed E-state index contributed by atoms with van der Waals surface area (Å²) in [5.74, 6) is 1.91. The van der Waals surface area contributed by atoms with Gasteiger partial charge < -0.3 is 18.6 Å². The van der Waals surface area contributed by atoms with E-state index < -0.39 is 0 Å². The standard InChI is InChI=1S/C24H19BrO5/c1-27-21-10-3-15(11-23(21)28-2)14-29-19-9-6-17-12-20(24(26)30-22(17)13-19)16-4-7-18(25)8-5-16/h3-13H,14H2,1-2H3. The molecule has 0 radical (unpaired) electrons. The Morgan fingerprint density at radius 3 is 2.37 bits per heavy atom. The SMILES string of the molecule is COc1ccc(COc2ccc3cc(-c4ccc(Br)cc4)c(=O)oc3c2)cc1OC. The zero-order valence-corrected chi connectivity index (χ0v) is 18.1. The molecule has 0 N–H and O–H groups in total. The summed E-state index contributed by atoms with van der Waals surface area (Å²) in [6.45, 7) is 0.340. The Labute approximate surface area is 181 Å². The summed E-state index contributed by atoms with van der Waals surface area (Å²) in [4.78, 5) is 12.5. The van der Waals surface area contributed by atoms with Gasteiger partial charge in [0.15, 0.2) is 11.5 Å². The average molecular weight is 467 g/mol. The molecule has 6 heteroatoms. The topological polar surface area (TPSA) is 57.9 Å². The summed E-state index contributed by atoms with van der Waals surface area (Å²) in [7, 11) is 3.19. The van der Waals surface area contributed by atoms with Crippen molar-refractivity contribution in [3.63, 3.8) is 0 Å². The highest BCUT2D eigenvalue weighted by molar-refractivity contribution is 9.10. The number of methoxy groups -OCH3 is 2. The molecule has 0 unspecified atom stereocenters. The minimum Gasteiger partial charge on any atom is -0.493 e. The van der Waals surface area contributed by atoms with Gasteiger partial charge in [-0.25, -0.2) is 4.79 Å². The molecule has 4 aromatic rings. The van der Waals surface area contributed by atoms with Crippen LogP contribution in [0.2, 0.25) is 0 Å². The molecule has 1 heterocycles. The van der Waals surface area contributed by atoms with Crippen LogP contribution in [0.3, 0.4) is 0 Å². The van der Waals surface area contributed by atoms with Gasteiger partial charge >= 0.3 is 5.63 Å². The van der Waals surface area contributed by atoms with Crippen molar-refractivity contribution < 1.29 is 18.6 Å². The molecule has 0 fully saturated rings. The maximum atomic E-state index is 12.5. The largest absolute Gasteiger partial charge is 0.493 e. The number of hydrogen-bond donors (Lipinski definition) is 0. The second-order valence-electron chi connectivity index (χ2n) is 6.63. The van der Waals surface area contributed by atoms with Crippen LogP contribution < -0.4 is 19.8 Å². The second kappa shape index (κ2) is 8.63. The number of halogens is 1. The van der Waals surface area contributed by atoms with Gasteiger partial charge in [0.25, 0.3) is 0 Å². The average Bonchev–Trinajstić information content (AvgIpc) is 2.77. The minimum absolute atomic E-state index is 0.340. The van der Waals surface area contributed by atoms with Gasteiger partial charge in [-0.15, -0.1) is 0 Å². The van der Waals surface area contributed by atoms with Gasteiger partial charge in [-0.1, -0.05) is 34.1 Å². The first-order chi connectivity index (χ1) is 14.6. The zero-order chi connectivity index (χ0) is 21.1. The molecule has 5 nitrogen and oxygen atoms in total. The highest BCUT2D eigenvalue weighted by atomic mass is 79.9. The first-order valence-electron chi connectivity index (χ1n) is 9.25. The molecule has 1 aromatic heterocycles. The first kappa shape index (κ1) is 20.0. The smallest absolute Gasteiger partial charge is 0.344 e. The third-order valence-electron chi connectivity index (χ3n) is 4.72. The molecule has 0 bridgehead atoms. The third-order valence-corrected chi connectivity index (χ3v) is 5.24. The Kier molecular flexibility index (Phi) is 5.77. The fourth-order valence-electron chi connectivity index (χ4n) is 3.15. The van der Waals surface area contributed by atoms with Crippen molar-refractivity contribution in [1.29, 1.82) is 0 Å². The van der Waals surface area contributed by atoms with Crippen LogP contribution in [-0.2, 0) is 6.61 Å². The molecule has 3 aromatic carbocycles. The van der Waals surface area contributed by atoms with Crippen LogP contribution in [0.1, 0.15) is 5.56 Å². The fourth-order valence-corrected chi connectivity index (χ4v) is 3.41. The van der Waals surface area contributed by atoms with E-state index in [1.54, 1.807) is 20.3 Å². The van der Waals surface area contributed by atoms with E-state index in [9.17, 15) is 4.79 Å². The van der Waals surface area contributed by atoms with E-state index in [-0.39, 0.29) is 5.63 Å². The van der Waals surface area contributed by atoms with Crippen LogP contribution in [0.5, 0.6) is 17.2 Å². The monoisotopic (exact) mass is 466 g/mol. The van der Waals surface area contributed by atoms with E-state index >= 15 is 0 Å². The van der Waals surface area contributed by atoms with Gasteiger partial charge in [0.2, 0.25) is 0 Å². The van der Waals surface area contributed by atoms with Crippen molar-refractivity contribution >= 4 is 26.9 Å².